The molecule has 0 unspecified atom stereocenters. The summed E-state index contributed by atoms with van der Waals surface area (Å²) in [5.41, 5.74) is -0.265. The third-order valence-electron chi connectivity index (χ3n) is 3.95. The number of allylic oxidation sites excluding steroid dienone is 2. The second-order valence-electron chi connectivity index (χ2n) is 4.91. The molecule has 23 heavy (non-hydrogen) atoms. The Bertz CT molecular complexity index is 965. The van der Waals surface area contributed by atoms with Gasteiger partial charge in [0.2, 0.25) is 0 Å². The Morgan fingerprint density at radius 3 is 2.04 bits per heavy atom. The van der Waals surface area contributed by atoms with Crippen LogP contribution in [0.25, 0.3) is 21.9 Å². The molecule has 3 rings (SSSR count). The van der Waals surface area contributed by atoms with E-state index in [0.717, 1.165) is 0 Å². The Labute approximate surface area is 129 Å². The van der Waals surface area contributed by atoms with Gasteiger partial charge in [0.15, 0.2) is 25.1 Å². The largest absolute Gasteiger partial charge is 0.478 e. The smallest absolute Gasteiger partial charge is 0.337 e. The van der Waals surface area contributed by atoms with E-state index in [2.05, 4.69) is 0 Å². The Morgan fingerprint density at radius 1 is 0.870 bits per heavy atom. The summed E-state index contributed by atoms with van der Waals surface area (Å²) in [6, 6.07) is 4.57. The minimum atomic E-state index is -1.37. The number of hydrogen-bond donors (Lipinski definition) is 1. The molecule has 6 nitrogen and oxygen atoms in total. The first-order chi connectivity index (χ1) is 11.1. The molecule has 2 aromatic rings. The maximum Gasteiger partial charge on any atom is 0.337 e. The lowest BCUT2D eigenvalue weighted by Gasteiger charge is -2.12. The molecule has 0 fully saturated rings. The summed E-state index contributed by atoms with van der Waals surface area (Å²) in [5.74, 6) is -1.37. The number of carboxylic acids is 1. The van der Waals surface area contributed by atoms with Gasteiger partial charge in [-0.1, -0.05) is 18.2 Å². The van der Waals surface area contributed by atoms with Crippen molar-refractivity contribution in [3.8, 4) is 0 Å². The summed E-state index contributed by atoms with van der Waals surface area (Å²) >= 11 is 0. The van der Waals surface area contributed by atoms with Gasteiger partial charge in [-0.2, -0.15) is 0 Å². The maximum atomic E-state index is 11.6. The SMILES string of the molecule is O=CC1=C(C=O)c2c(C=O)c(C=O)c(C(=O)O)c3cccc1c23. The fourth-order valence-electron chi connectivity index (χ4n) is 3.09. The molecule has 0 radical (unpaired) electrons. The number of carbonyl (C=O) groups excluding carboxylic acids is 4. The number of carboxylic acid groups (broad SMARTS) is 1. The fraction of sp³-hybridized carbons (Fsp3) is 0. The summed E-state index contributed by atoms with van der Waals surface area (Å²) in [5, 5.41) is 9.96. The van der Waals surface area contributed by atoms with Gasteiger partial charge in [0.25, 0.3) is 0 Å². The first kappa shape index (κ1) is 14.5. The highest BCUT2D eigenvalue weighted by Crippen LogP contribution is 2.44. The number of carbonyl (C=O) groups is 5. The third kappa shape index (κ3) is 1.72. The van der Waals surface area contributed by atoms with Crippen molar-refractivity contribution in [2.45, 2.75) is 0 Å². The molecule has 0 bridgehead atoms. The number of benzene rings is 2. The molecule has 2 aromatic carbocycles. The minimum Gasteiger partial charge on any atom is -0.478 e. The van der Waals surface area contributed by atoms with Gasteiger partial charge < -0.3 is 5.11 Å². The van der Waals surface area contributed by atoms with Crippen molar-refractivity contribution in [3.63, 3.8) is 0 Å². The Hall–Kier alpha value is -3.41. The first-order valence-corrected chi connectivity index (χ1v) is 6.52. The normalized spacial score (nSPS) is 12.3. The topological polar surface area (TPSA) is 106 Å². The van der Waals surface area contributed by atoms with E-state index < -0.39 is 5.97 Å². The van der Waals surface area contributed by atoms with Crippen LogP contribution in [0.15, 0.2) is 18.2 Å². The van der Waals surface area contributed by atoms with Gasteiger partial charge in [-0.15, -0.1) is 0 Å². The van der Waals surface area contributed by atoms with Gasteiger partial charge in [0.05, 0.1) is 5.56 Å². The highest BCUT2D eigenvalue weighted by atomic mass is 16.4. The van der Waals surface area contributed by atoms with Crippen molar-refractivity contribution in [1.82, 2.24) is 0 Å². The highest BCUT2D eigenvalue weighted by Gasteiger charge is 2.31. The summed E-state index contributed by atoms with van der Waals surface area (Å²) in [6.45, 7) is 0. The Morgan fingerprint density at radius 2 is 1.52 bits per heavy atom. The van der Waals surface area contributed by atoms with Crippen LogP contribution in [0, 0.1) is 0 Å². The fourth-order valence-corrected chi connectivity index (χ4v) is 3.09. The predicted octanol–water partition coefficient (Wildman–Crippen LogP) is 1.78. The lowest BCUT2D eigenvalue weighted by Crippen LogP contribution is -2.09. The molecule has 1 aliphatic carbocycles. The second-order valence-corrected chi connectivity index (χ2v) is 4.91. The van der Waals surface area contributed by atoms with Crippen LogP contribution in [0.3, 0.4) is 0 Å². The van der Waals surface area contributed by atoms with Crippen molar-refractivity contribution < 1.29 is 29.1 Å². The summed E-state index contributed by atoms with van der Waals surface area (Å²) in [4.78, 5) is 57.3. The van der Waals surface area contributed by atoms with E-state index in [1.165, 1.54) is 12.1 Å². The third-order valence-corrected chi connectivity index (χ3v) is 3.95. The molecule has 1 N–H and O–H groups in total. The monoisotopic (exact) mass is 308 g/mol. The molecular weight excluding hydrogens is 300 g/mol. The number of rotatable bonds is 5. The van der Waals surface area contributed by atoms with Gasteiger partial charge in [-0.05, 0) is 16.3 Å². The second kappa shape index (κ2) is 5.10. The molecule has 0 atom stereocenters. The number of hydrogen-bond acceptors (Lipinski definition) is 5. The maximum absolute atomic E-state index is 11.6. The van der Waals surface area contributed by atoms with E-state index >= 15 is 0 Å². The van der Waals surface area contributed by atoms with Crippen LogP contribution < -0.4 is 0 Å². The van der Waals surface area contributed by atoms with Crippen LogP contribution in [-0.4, -0.2) is 36.2 Å². The predicted molar refractivity (Wildman–Crippen MR) is 80.6 cm³/mol. The molecule has 0 saturated heterocycles. The van der Waals surface area contributed by atoms with Crippen LogP contribution in [0.5, 0.6) is 0 Å². The van der Waals surface area contributed by atoms with Gasteiger partial charge >= 0.3 is 5.97 Å². The summed E-state index contributed by atoms with van der Waals surface area (Å²) in [7, 11) is 0. The molecule has 0 heterocycles. The minimum absolute atomic E-state index is 0.0201. The highest BCUT2D eigenvalue weighted by molar-refractivity contribution is 6.40. The van der Waals surface area contributed by atoms with Crippen LogP contribution in [0.2, 0.25) is 0 Å². The lowest BCUT2D eigenvalue weighted by atomic mass is 9.89. The van der Waals surface area contributed by atoms with Crippen molar-refractivity contribution in [2.75, 3.05) is 0 Å². The summed E-state index contributed by atoms with van der Waals surface area (Å²) < 4.78 is 0. The van der Waals surface area contributed by atoms with Crippen molar-refractivity contribution in [2.24, 2.45) is 0 Å². The van der Waals surface area contributed by atoms with E-state index in [9.17, 15) is 29.1 Å². The van der Waals surface area contributed by atoms with Gasteiger partial charge in [-0.25, -0.2) is 4.79 Å². The first-order valence-electron chi connectivity index (χ1n) is 6.52. The average molecular weight is 308 g/mol. The van der Waals surface area contributed by atoms with Crippen LogP contribution >= 0.6 is 0 Å². The van der Waals surface area contributed by atoms with Crippen molar-refractivity contribution in [1.29, 1.82) is 0 Å². The molecular formula is C17H8O6. The van der Waals surface area contributed by atoms with Crippen LogP contribution in [-0.2, 0) is 9.59 Å². The van der Waals surface area contributed by atoms with E-state index in [-0.39, 0.29) is 45.1 Å². The number of aromatic carboxylic acids is 1. The van der Waals surface area contributed by atoms with E-state index in [4.69, 9.17) is 0 Å². The molecule has 0 saturated carbocycles. The quantitative estimate of drug-likeness (QED) is 0.844. The molecule has 0 amide bonds. The molecule has 0 aliphatic heterocycles. The molecule has 6 heteroatoms. The van der Waals surface area contributed by atoms with Crippen LogP contribution in [0.1, 0.15) is 42.2 Å². The Balaban J connectivity index is 2.70. The average Bonchev–Trinajstić information content (AvgIpc) is 2.88. The van der Waals surface area contributed by atoms with Crippen molar-refractivity contribution >= 4 is 53.0 Å². The molecule has 112 valence electrons. The number of aldehydes is 4. The zero-order valence-corrected chi connectivity index (χ0v) is 11.5. The standard InChI is InChI=1S/C17H8O6/c18-4-10-8-2-1-3-9-14(8)15(11(10)5-19)12(6-20)13(7-21)16(9)17(22)23/h1-7H,(H,22,23). The van der Waals surface area contributed by atoms with Crippen LogP contribution in [0.4, 0.5) is 0 Å². The van der Waals surface area contributed by atoms with E-state index in [0.29, 0.717) is 29.8 Å². The van der Waals surface area contributed by atoms with Gasteiger partial charge in [-0.3, -0.25) is 19.2 Å². The van der Waals surface area contributed by atoms with Crippen molar-refractivity contribution in [3.05, 3.63) is 46.0 Å². The van der Waals surface area contributed by atoms with E-state index in [1.807, 2.05) is 0 Å². The van der Waals surface area contributed by atoms with E-state index in [1.54, 1.807) is 6.07 Å². The molecule has 0 aromatic heterocycles. The zero-order valence-electron chi connectivity index (χ0n) is 11.5. The lowest BCUT2D eigenvalue weighted by molar-refractivity contribution is -0.104. The zero-order chi connectivity index (χ0) is 16.7. The summed E-state index contributed by atoms with van der Waals surface area (Å²) in [6.07, 6.45) is 1.52. The molecule has 0 spiro atoms. The molecule has 1 aliphatic rings. The Kier molecular flexibility index (Phi) is 3.22. The van der Waals surface area contributed by atoms with Gasteiger partial charge in [0, 0.05) is 27.8 Å². The van der Waals surface area contributed by atoms with Gasteiger partial charge in [0.1, 0.15) is 0 Å².